The van der Waals surface area contributed by atoms with Gasteiger partial charge in [0.2, 0.25) is 0 Å². The van der Waals surface area contributed by atoms with Crippen LogP contribution in [0.1, 0.15) is 55.5 Å². The SMILES string of the molecule is CCn1c2ccccc2c2ccccc21.Cc1ccc(C)c2c1C(=O)c1cccc(Cn3c4ccccc4c4ccccc43)c1C2=O. The van der Waals surface area contributed by atoms with E-state index in [0.717, 1.165) is 34.3 Å². The van der Waals surface area contributed by atoms with Crippen molar-refractivity contribution in [1.82, 2.24) is 9.13 Å². The Morgan fingerprint density at radius 2 is 0.872 bits per heavy atom. The molecule has 0 amide bonds. The fourth-order valence-corrected chi connectivity index (χ4v) is 7.53. The highest BCUT2D eigenvalue weighted by Crippen LogP contribution is 2.35. The van der Waals surface area contributed by atoms with E-state index in [2.05, 4.69) is 88.9 Å². The third kappa shape index (κ3) is 4.44. The number of hydrogen-bond donors (Lipinski definition) is 0. The molecule has 4 heteroatoms. The number of carbonyl (C=O) groups excluding carboxylic acids is 2. The molecule has 47 heavy (non-hydrogen) atoms. The zero-order chi connectivity index (χ0) is 32.2. The normalized spacial score (nSPS) is 12.4. The average Bonchev–Trinajstić information content (AvgIpc) is 3.61. The first kappa shape index (κ1) is 28.7. The summed E-state index contributed by atoms with van der Waals surface area (Å²) in [4.78, 5) is 27.2. The van der Waals surface area contributed by atoms with E-state index in [4.69, 9.17) is 0 Å². The summed E-state index contributed by atoms with van der Waals surface area (Å²) < 4.78 is 4.61. The summed E-state index contributed by atoms with van der Waals surface area (Å²) in [6.07, 6.45) is 0. The maximum Gasteiger partial charge on any atom is 0.195 e. The second-order valence-corrected chi connectivity index (χ2v) is 12.3. The van der Waals surface area contributed by atoms with Crippen LogP contribution in [0, 0.1) is 13.8 Å². The fourth-order valence-electron chi connectivity index (χ4n) is 7.53. The molecule has 228 valence electrons. The Kier molecular flexibility index (Phi) is 6.87. The molecule has 1 aliphatic rings. The highest BCUT2D eigenvalue weighted by Gasteiger charge is 2.34. The Bertz CT molecular complexity index is 2440. The Morgan fingerprint density at radius 3 is 1.34 bits per heavy atom. The molecule has 0 spiro atoms. The van der Waals surface area contributed by atoms with Gasteiger partial charge in [-0.1, -0.05) is 103 Å². The number of ketones is 2. The number of hydrogen-bond acceptors (Lipinski definition) is 2. The van der Waals surface area contributed by atoms with Crippen molar-refractivity contribution in [2.45, 2.75) is 33.9 Å². The highest BCUT2D eigenvalue weighted by molar-refractivity contribution is 6.30. The Morgan fingerprint density at radius 1 is 0.447 bits per heavy atom. The van der Waals surface area contributed by atoms with E-state index in [9.17, 15) is 9.59 Å². The summed E-state index contributed by atoms with van der Waals surface area (Å²) in [5.41, 5.74) is 9.63. The fraction of sp³-hybridized carbons (Fsp3) is 0.116. The lowest BCUT2D eigenvalue weighted by atomic mass is 9.78. The molecule has 6 aromatic carbocycles. The van der Waals surface area contributed by atoms with Crippen molar-refractivity contribution in [3.63, 3.8) is 0 Å². The Labute approximate surface area is 273 Å². The highest BCUT2D eigenvalue weighted by atomic mass is 16.1. The van der Waals surface area contributed by atoms with Crippen molar-refractivity contribution in [2.75, 3.05) is 0 Å². The zero-order valence-corrected chi connectivity index (χ0v) is 26.7. The number of fused-ring (bicyclic) bond motifs is 8. The smallest absolute Gasteiger partial charge is 0.195 e. The van der Waals surface area contributed by atoms with Crippen molar-refractivity contribution in [3.05, 3.63) is 166 Å². The molecule has 9 rings (SSSR count). The molecule has 1 aliphatic carbocycles. The maximum absolute atomic E-state index is 13.7. The molecule has 2 heterocycles. The van der Waals surface area contributed by atoms with Gasteiger partial charge in [-0.15, -0.1) is 0 Å². The largest absolute Gasteiger partial charge is 0.341 e. The predicted octanol–water partition coefficient (Wildman–Crippen LogP) is 10.0. The van der Waals surface area contributed by atoms with Gasteiger partial charge in [-0.25, -0.2) is 0 Å². The first-order valence-corrected chi connectivity index (χ1v) is 16.2. The first-order valence-electron chi connectivity index (χ1n) is 16.2. The minimum Gasteiger partial charge on any atom is -0.341 e. The predicted molar refractivity (Wildman–Crippen MR) is 193 cm³/mol. The van der Waals surface area contributed by atoms with Gasteiger partial charge < -0.3 is 9.13 Å². The molecule has 8 aromatic rings. The van der Waals surface area contributed by atoms with E-state index < -0.39 is 0 Å². The van der Waals surface area contributed by atoms with Crippen molar-refractivity contribution in [2.24, 2.45) is 0 Å². The number of nitrogens with zero attached hydrogens (tertiary/aromatic N) is 2. The molecular weight excluding hydrogens is 576 g/mol. The van der Waals surface area contributed by atoms with Gasteiger partial charge in [0.25, 0.3) is 0 Å². The topological polar surface area (TPSA) is 44.0 Å². The summed E-state index contributed by atoms with van der Waals surface area (Å²) in [6.45, 7) is 7.55. The van der Waals surface area contributed by atoms with Crippen LogP contribution >= 0.6 is 0 Å². The summed E-state index contributed by atoms with van der Waals surface area (Å²) in [7, 11) is 0. The maximum atomic E-state index is 13.7. The van der Waals surface area contributed by atoms with Gasteiger partial charge in [0.1, 0.15) is 0 Å². The van der Waals surface area contributed by atoms with Gasteiger partial charge in [-0.2, -0.15) is 0 Å². The van der Waals surface area contributed by atoms with E-state index in [1.165, 1.54) is 32.6 Å². The third-order valence-corrected chi connectivity index (χ3v) is 9.70. The van der Waals surface area contributed by atoms with Crippen LogP contribution in [0.5, 0.6) is 0 Å². The number of aromatic nitrogens is 2. The lowest BCUT2D eigenvalue weighted by Crippen LogP contribution is -2.25. The van der Waals surface area contributed by atoms with E-state index in [1.54, 1.807) is 6.07 Å². The number of rotatable bonds is 3. The van der Waals surface area contributed by atoms with E-state index in [-0.39, 0.29) is 11.6 Å². The average molecular weight is 611 g/mol. The minimum atomic E-state index is -0.0557. The molecule has 4 nitrogen and oxygen atoms in total. The third-order valence-electron chi connectivity index (χ3n) is 9.70. The monoisotopic (exact) mass is 610 g/mol. The van der Waals surface area contributed by atoms with Crippen molar-refractivity contribution < 1.29 is 9.59 Å². The van der Waals surface area contributed by atoms with Crippen LogP contribution in [0.2, 0.25) is 0 Å². The Balaban J connectivity index is 0.000000180. The number of para-hydroxylation sites is 4. The summed E-state index contributed by atoms with van der Waals surface area (Å²) >= 11 is 0. The molecule has 0 N–H and O–H groups in total. The van der Waals surface area contributed by atoms with Crippen molar-refractivity contribution in [3.8, 4) is 0 Å². The molecule has 0 aliphatic heterocycles. The van der Waals surface area contributed by atoms with Gasteiger partial charge in [0, 0.05) is 79.0 Å². The number of benzene rings is 6. The first-order chi connectivity index (χ1) is 23.0. The molecule has 0 unspecified atom stereocenters. The van der Waals surface area contributed by atoms with Gasteiger partial charge in [0.05, 0.1) is 0 Å². The standard InChI is InChI=1S/C29H21NO2.C14H13N/c1-17-14-15-18(2)26-25(17)28(31)22-11-7-8-19(27(22)29(26)32)16-30-23-12-5-3-9-20(23)21-10-4-6-13-24(21)30;1-2-15-13-9-5-3-7-11(13)12-8-4-6-10-14(12)15/h3-15H,16H2,1-2H3;3-10H,2H2,1H3. The van der Waals surface area contributed by atoms with Crippen LogP contribution in [-0.2, 0) is 13.1 Å². The van der Waals surface area contributed by atoms with Crippen molar-refractivity contribution in [1.29, 1.82) is 0 Å². The summed E-state index contributed by atoms with van der Waals surface area (Å²) in [5.74, 6) is -0.105. The zero-order valence-electron chi connectivity index (χ0n) is 26.7. The van der Waals surface area contributed by atoms with Gasteiger partial charge in [-0.3, -0.25) is 9.59 Å². The van der Waals surface area contributed by atoms with Crippen LogP contribution in [0.3, 0.4) is 0 Å². The van der Waals surface area contributed by atoms with Gasteiger partial charge in [-0.05, 0) is 61.7 Å². The molecule has 0 bridgehead atoms. The summed E-state index contributed by atoms with van der Waals surface area (Å²) in [6, 6.07) is 43.4. The van der Waals surface area contributed by atoms with Crippen LogP contribution in [0.15, 0.2) is 127 Å². The van der Waals surface area contributed by atoms with Crippen LogP contribution in [0.4, 0.5) is 0 Å². The minimum absolute atomic E-state index is 0.0489. The molecule has 0 fully saturated rings. The number of aryl methyl sites for hydroxylation is 3. The molecular formula is C43H34N2O2. The lowest BCUT2D eigenvalue weighted by molar-refractivity contribution is 0.0977. The van der Waals surface area contributed by atoms with Gasteiger partial charge in [0.15, 0.2) is 11.6 Å². The second-order valence-electron chi connectivity index (χ2n) is 12.3. The molecule has 2 aromatic heterocycles. The van der Waals surface area contributed by atoms with Crippen LogP contribution < -0.4 is 0 Å². The van der Waals surface area contributed by atoms with Gasteiger partial charge >= 0.3 is 0 Å². The van der Waals surface area contributed by atoms with Crippen molar-refractivity contribution >= 4 is 55.2 Å². The van der Waals surface area contributed by atoms with E-state index in [1.807, 2.05) is 62.4 Å². The number of carbonyl (C=O) groups is 2. The lowest BCUT2D eigenvalue weighted by Gasteiger charge is -2.23. The molecule has 0 atom stereocenters. The quantitative estimate of drug-likeness (QED) is 0.200. The molecule has 0 radical (unpaired) electrons. The molecule has 0 saturated heterocycles. The Hall–Kier alpha value is -5.74. The molecule has 0 saturated carbocycles. The van der Waals surface area contributed by atoms with Crippen LogP contribution in [0.25, 0.3) is 43.6 Å². The second kappa shape index (κ2) is 11.3. The van der Waals surface area contributed by atoms with Crippen LogP contribution in [-0.4, -0.2) is 20.7 Å². The summed E-state index contributed by atoms with van der Waals surface area (Å²) in [5, 5.41) is 5.09. The van der Waals surface area contributed by atoms with E-state index >= 15 is 0 Å². The van der Waals surface area contributed by atoms with E-state index in [0.29, 0.717) is 28.8 Å².